The van der Waals surface area contributed by atoms with Crippen LogP contribution in [0.2, 0.25) is 0 Å². The highest BCUT2D eigenvalue weighted by molar-refractivity contribution is 7.80. The van der Waals surface area contributed by atoms with Crippen LogP contribution in [0.1, 0.15) is 45.4 Å². The van der Waals surface area contributed by atoms with E-state index < -0.39 is 0 Å². The summed E-state index contributed by atoms with van der Waals surface area (Å²) in [5, 5.41) is 10.3. The Labute approximate surface area is 74.6 Å². The highest BCUT2D eigenvalue weighted by Crippen LogP contribution is 2.33. The van der Waals surface area contributed by atoms with Gasteiger partial charge >= 0.3 is 0 Å². The van der Waals surface area contributed by atoms with Gasteiger partial charge in [-0.05, 0) is 30.9 Å². The van der Waals surface area contributed by atoms with Crippen LogP contribution in [0.15, 0.2) is 0 Å². The fraction of sp³-hybridized carbons (Fsp3) is 1.00. The second kappa shape index (κ2) is 3.81. The maximum atomic E-state index is 9.91. The van der Waals surface area contributed by atoms with Gasteiger partial charge < -0.3 is 5.11 Å². The summed E-state index contributed by atoms with van der Waals surface area (Å²) in [6, 6.07) is 0. The van der Waals surface area contributed by atoms with Gasteiger partial charge in [-0.2, -0.15) is 12.6 Å². The Kier molecular flexibility index (Phi) is 3.26. The molecule has 1 N–H and O–H groups in total. The summed E-state index contributed by atoms with van der Waals surface area (Å²) in [6.07, 6.45) is 6.41. The lowest BCUT2D eigenvalue weighted by Gasteiger charge is -2.22. The molecule has 0 aromatic carbocycles. The van der Waals surface area contributed by atoms with Gasteiger partial charge in [0.1, 0.15) is 0 Å². The van der Waals surface area contributed by atoms with Crippen molar-refractivity contribution in [2.45, 2.75) is 56.3 Å². The Morgan fingerprint density at radius 3 is 2.45 bits per heavy atom. The van der Waals surface area contributed by atoms with E-state index in [1.54, 1.807) is 0 Å². The molecule has 1 saturated carbocycles. The minimum atomic E-state index is -0.322. The molecule has 0 aromatic rings. The van der Waals surface area contributed by atoms with E-state index in [0.29, 0.717) is 5.25 Å². The van der Waals surface area contributed by atoms with Crippen molar-refractivity contribution in [2.75, 3.05) is 0 Å². The van der Waals surface area contributed by atoms with Crippen LogP contribution in [0.3, 0.4) is 0 Å². The predicted octanol–water partition coefficient (Wildman–Crippen LogP) is 2.39. The van der Waals surface area contributed by atoms with Crippen molar-refractivity contribution in [3.63, 3.8) is 0 Å². The third-order valence-corrected chi connectivity index (χ3v) is 2.82. The van der Waals surface area contributed by atoms with Crippen LogP contribution in [0.25, 0.3) is 0 Å². The van der Waals surface area contributed by atoms with Crippen molar-refractivity contribution >= 4 is 12.6 Å². The average molecular weight is 174 g/mol. The molecule has 1 aliphatic carbocycles. The molecule has 0 amide bonds. The molecule has 0 spiro atoms. The zero-order valence-corrected chi connectivity index (χ0v) is 8.11. The molecule has 0 saturated heterocycles. The van der Waals surface area contributed by atoms with Crippen LogP contribution in [-0.4, -0.2) is 16.0 Å². The van der Waals surface area contributed by atoms with Crippen molar-refractivity contribution in [3.8, 4) is 0 Å². The molecule has 66 valence electrons. The number of rotatable bonds is 3. The van der Waals surface area contributed by atoms with Crippen LogP contribution in [0, 0.1) is 0 Å². The molecule has 0 aliphatic heterocycles. The zero-order valence-electron chi connectivity index (χ0n) is 7.21. The summed E-state index contributed by atoms with van der Waals surface area (Å²) in [6.45, 7) is 2.08. The third-order valence-electron chi connectivity index (χ3n) is 2.56. The van der Waals surface area contributed by atoms with Crippen LogP contribution in [0.5, 0.6) is 0 Å². The second-order valence-electron chi connectivity index (χ2n) is 3.82. The summed E-state index contributed by atoms with van der Waals surface area (Å²) in [4.78, 5) is 0. The van der Waals surface area contributed by atoms with Crippen molar-refractivity contribution in [1.82, 2.24) is 0 Å². The molecule has 1 aliphatic rings. The second-order valence-corrected chi connectivity index (χ2v) is 4.70. The Bertz CT molecular complexity index is 117. The van der Waals surface area contributed by atoms with Gasteiger partial charge in [0.2, 0.25) is 0 Å². The molecule has 1 unspecified atom stereocenters. The minimum absolute atomic E-state index is 0.322. The zero-order chi connectivity index (χ0) is 8.32. The van der Waals surface area contributed by atoms with Gasteiger partial charge in [0.25, 0.3) is 0 Å². The summed E-state index contributed by atoms with van der Waals surface area (Å²) < 4.78 is 0. The minimum Gasteiger partial charge on any atom is -0.390 e. The molecule has 1 rings (SSSR count). The smallest absolute Gasteiger partial charge is 0.0648 e. The standard InChI is InChI=1S/C9H18OS/c1-8(11)4-7-9(10)5-2-3-6-9/h8,10-11H,2-7H2,1H3. The monoisotopic (exact) mass is 174 g/mol. The fourth-order valence-electron chi connectivity index (χ4n) is 1.76. The molecular weight excluding hydrogens is 156 g/mol. The van der Waals surface area contributed by atoms with E-state index in [-0.39, 0.29) is 5.60 Å². The van der Waals surface area contributed by atoms with Gasteiger partial charge in [-0.25, -0.2) is 0 Å². The lowest BCUT2D eigenvalue weighted by molar-refractivity contribution is 0.0370. The van der Waals surface area contributed by atoms with E-state index in [1.807, 2.05) is 0 Å². The quantitative estimate of drug-likeness (QED) is 0.629. The third kappa shape index (κ3) is 3.04. The molecule has 0 heterocycles. The van der Waals surface area contributed by atoms with Gasteiger partial charge in [0.15, 0.2) is 0 Å². The number of thiol groups is 1. The Morgan fingerprint density at radius 2 is 2.00 bits per heavy atom. The van der Waals surface area contributed by atoms with Gasteiger partial charge in [-0.1, -0.05) is 19.8 Å². The van der Waals surface area contributed by atoms with Crippen molar-refractivity contribution < 1.29 is 5.11 Å². The van der Waals surface area contributed by atoms with E-state index >= 15 is 0 Å². The first-order valence-corrected chi connectivity index (χ1v) is 5.04. The Balaban J connectivity index is 2.23. The number of hydrogen-bond acceptors (Lipinski definition) is 2. The van der Waals surface area contributed by atoms with E-state index in [0.717, 1.165) is 25.7 Å². The van der Waals surface area contributed by atoms with Gasteiger partial charge in [0, 0.05) is 0 Å². The van der Waals surface area contributed by atoms with Crippen molar-refractivity contribution in [2.24, 2.45) is 0 Å². The average Bonchev–Trinajstić information content (AvgIpc) is 2.33. The van der Waals surface area contributed by atoms with Gasteiger partial charge in [0.05, 0.1) is 5.60 Å². The van der Waals surface area contributed by atoms with Crippen LogP contribution in [0.4, 0.5) is 0 Å². The highest BCUT2D eigenvalue weighted by Gasteiger charge is 2.30. The van der Waals surface area contributed by atoms with Crippen LogP contribution >= 0.6 is 12.6 Å². The summed E-state index contributed by atoms with van der Waals surface area (Å²) in [5.41, 5.74) is -0.322. The Morgan fingerprint density at radius 1 is 1.45 bits per heavy atom. The lowest BCUT2D eigenvalue weighted by atomic mass is 9.95. The molecule has 2 heteroatoms. The fourth-order valence-corrected chi connectivity index (χ4v) is 1.89. The number of hydrogen-bond donors (Lipinski definition) is 2. The molecular formula is C9H18OS. The van der Waals surface area contributed by atoms with Crippen molar-refractivity contribution in [1.29, 1.82) is 0 Å². The molecule has 0 aromatic heterocycles. The molecule has 1 atom stereocenters. The Hall–Kier alpha value is 0.310. The predicted molar refractivity (Wildman–Crippen MR) is 51.1 cm³/mol. The molecule has 0 bridgehead atoms. The van der Waals surface area contributed by atoms with E-state index in [1.165, 1.54) is 12.8 Å². The maximum Gasteiger partial charge on any atom is 0.0648 e. The molecule has 1 nitrogen and oxygen atoms in total. The summed E-state index contributed by atoms with van der Waals surface area (Å²) in [7, 11) is 0. The van der Waals surface area contributed by atoms with Crippen LogP contribution in [-0.2, 0) is 0 Å². The largest absolute Gasteiger partial charge is 0.390 e. The van der Waals surface area contributed by atoms with E-state index in [4.69, 9.17) is 0 Å². The highest BCUT2D eigenvalue weighted by atomic mass is 32.1. The first kappa shape index (κ1) is 9.40. The maximum absolute atomic E-state index is 9.91. The molecule has 1 fully saturated rings. The van der Waals surface area contributed by atoms with Gasteiger partial charge in [-0.15, -0.1) is 0 Å². The first-order valence-electron chi connectivity index (χ1n) is 4.53. The molecule has 0 radical (unpaired) electrons. The van der Waals surface area contributed by atoms with Crippen LogP contribution < -0.4 is 0 Å². The van der Waals surface area contributed by atoms with E-state index in [2.05, 4.69) is 19.6 Å². The lowest BCUT2D eigenvalue weighted by Crippen LogP contribution is -2.24. The normalized spacial score (nSPS) is 25.4. The SMILES string of the molecule is CC(S)CCC1(O)CCCC1. The summed E-state index contributed by atoms with van der Waals surface area (Å²) in [5.74, 6) is 0. The topological polar surface area (TPSA) is 20.2 Å². The number of aliphatic hydroxyl groups is 1. The van der Waals surface area contributed by atoms with Gasteiger partial charge in [-0.3, -0.25) is 0 Å². The molecule has 11 heavy (non-hydrogen) atoms. The van der Waals surface area contributed by atoms with Crippen molar-refractivity contribution in [3.05, 3.63) is 0 Å². The van der Waals surface area contributed by atoms with E-state index in [9.17, 15) is 5.11 Å². The summed E-state index contributed by atoms with van der Waals surface area (Å²) >= 11 is 4.30. The first-order chi connectivity index (χ1) is 5.12.